The first-order valence-electron chi connectivity index (χ1n) is 18.4. The summed E-state index contributed by atoms with van der Waals surface area (Å²) in [4.78, 5) is 2.40. The quantitative estimate of drug-likeness (QED) is 0.160. The Bertz CT molecular complexity index is 2930. The summed E-state index contributed by atoms with van der Waals surface area (Å²) in [6.45, 7) is 0. The summed E-state index contributed by atoms with van der Waals surface area (Å²) in [5.41, 5.74) is 13.0. The van der Waals surface area contributed by atoms with Gasteiger partial charge in [0.15, 0.2) is 0 Å². The molecule has 0 aliphatic heterocycles. The number of anilines is 3. The van der Waals surface area contributed by atoms with Gasteiger partial charge in [0.05, 0.1) is 0 Å². The summed E-state index contributed by atoms with van der Waals surface area (Å²) in [5, 5.41) is 5.10. The molecule has 0 fully saturated rings. The van der Waals surface area contributed by atoms with Crippen molar-refractivity contribution in [3.8, 4) is 44.5 Å². The third-order valence-electron chi connectivity index (χ3n) is 10.4. The number of rotatable bonds is 7. The van der Waals surface area contributed by atoms with Gasteiger partial charge in [0.25, 0.3) is 0 Å². The largest absolute Gasteiger partial charge is 0.310 e. The van der Waals surface area contributed by atoms with Crippen LogP contribution in [0.15, 0.2) is 212 Å². The first kappa shape index (κ1) is 32.0. The van der Waals surface area contributed by atoms with Gasteiger partial charge < -0.3 is 4.90 Å². The summed E-state index contributed by atoms with van der Waals surface area (Å²) in [6.07, 6.45) is 0. The molecule has 10 rings (SSSR count). The molecule has 9 aromatic carbocycles. The highest BCUT2D eigenvalue weighted by Crippen LogP contribution is 2.42. The molecule has 1 aromatic heterocycles. The van der Waals surface area contributed by atoms with Gasteiger partial charge in [-0.25, -0.2) is 0 Å². The molecule has 1 nitrogen and oxygen atoms in total. The second kappa shape index (κ2) is 13.7. The average Bonchev–Trinajstić information content (AvgIpc) is 3.62. The van der Waals surface area contributed by atoms with Gasteiger partial charge in [-0.3, -0.25) is 0 Å². The molecule has 0 saturated carbocycles. The van der Waals surface area contributed by atoms with Crippen LogP contribution in [-0.2, 0) is 0 Å². The van der Waals surface area contributed by atoms with Crippen molar-refractivity contribution in [3.05, 3.63) is 212 Å². The van der Waals surface area contributed by atoms with Gasteiger partial charge in [-0.1, -0.05) is 152 Å². The summed E-state index contributed by atoms with van der Waals surface area (Å²) >= 11 is 1.85. The third kappa shape index (κ3) is 5.93. The van der Waals surface area contributed by atoms with Crippen LogP contribution in [0, 0.1) is 0 Å². The van der Waals surface area contributed by atoms with Gasteiger partial charge in [-0.05, 0) is 116 Å². The van der Waals surface area contributed by atoms with Gasteiger partial charge in [-0.2, -0.15) is 0 Å². The lowest BCUT2D eigenvalue weighted by Gasteiger charge is -2.26. The van der Waals surface area contributed by atoms with Crippen LogP contribution in [0.2, 0.25) is 0 Å². The predicted octanol–water partition coefficient (Wildman–Crippen LogP) is 15.3. The van der Waals surface area contributed by atoms with E-state index < -0.39 is 0 Å². The summed E-state index contributed by atoms with van der Waals surface area (Å²) < 4.78 is 2.61. The lowest BCUT2D eigenvalue weighted by Crippen LogP contribution is -2.10. The molecular weight excluding hydrogens is 671 g/mol. The van der Waals surface area contributed by atoms with Crippen molar-refractivity contribution >= 4 is 59.3 Å². The van der Waals surface area contributed by atoms with E-state index in [2.05, 4.69) is 217 Å². The molecule has 0 aliphatic rings. The molecule has 0 unspecified atom stereocenters. The molecule has 2 heteroatoms. The first-order valence-corrected chi connectivity index (χ1v) is 19.2. The summed E-state index contributed by atoms with van der Waals surface area (Å²) in [7, 11) is 0. The van der Waals surface area contributed by atoms with Crippen molar-refractivity contribution < 1.29 is 0 Å². The first-order chi connectivity index (χ1) is 26.7. The van der Waals surface area contributed by atoms with E-state index in [0.717, 1.165) is 17.1 Å². The van der Waals surface area contributed by atoms with Crippen LogP contribution < -0.4 is 4.90 Å². The Morgan fingerprint density at radius 3 is 1.61 bits per heavy atom. The minimum absolute atomic E-state index is 1.11. The zero-order valence-electron chi connectivity index (χ0n) is 29.6. The average molecular weight is 706 g/mol. The van der Waals surface area contributed by atoms with E-state index in [1.165, 1.54) is 75.5 Å². The standard InChI is InChI=1S/C52H35NS/c1-2-12-36(13-3-1)39-16-8-17-40(32-39)37-26-28-44(29-27-37)53(46-30-31-52-50(35-46)49-23-6-7-25-51(49)54-52)45-21-10-19-42(34-45)41-18-9-20-43(33-41)48-24-11-15-38-14-4-5-22-47(38)48/h1-35H. The molecule has 1 heterocycles. The molecule has 254 valence electrons. The fraction of sp³-hybridized carbons (Fsp3) is 0. The Labute approximate surface area is 319 Å². The highest BCUT2D eigenvalue weighted by molar-refractivity contribution is 7.25. The Kier molecular flexibility index (Phi) is 8.09. The zero-order valence-corrected chi connectivity index (χ0v) is 30.4. The van der Waals surface area contributed by atoms with Crippen molar-refractivity contribution in [2.45, 2.75) is 0 Å². The molecule has 0 N–H and O–H groups in total. The van der Waals surface area contributed by atoms with Gasteiger partial charge in [0.2, 0.25) is 0 Å². The summed E-state index contributed by atoms with van der Waals surface area (Å²) in [6, 6.07) is 77.2. The van der Waals surface area contributed by atoms with E-state index >= 15 is 0 Å². The Morgan fingerprint density at radius 1 is 0.278 bits per heavy atom. The maximum atomic E-state index is 2.40. The lowest BCUT2D eigenvalue weighted by atomic mass is 9.95. The van der Waals surface area contributed by atoms with E-state index in [-0.39, 0.29) is 0 Å². The topological polar surface area (TPSA) is 3.24 Å². The number of thiophene rings is 1. The Balaban J connectivity index is 1.07. The zero-order chi connectivity index (χ0) is 35.8. The van der Waals surface area contributed by atoms with Crippen LogP contribution in [0.5, 0.6) is 0 Å². The Hall–Kier alpha value is -6.74. The maximum absolute atomic E-state index is 2.40. The number of fused-ring (bicyclic) bond motifs is 4. The van der Waals surface area contributed by atoms with Crippen molar-refractivity contribution in [2.75, 3.05) is 4.90 Å². The van der Waals surface area contributed by atoms with E-state index in [0.29, 0.717) is 0 Å². The van der Waals surface area contributed by atoms with Crippen molar-refractivity contribution in [1.82, 2.24) is 0 Å². The SMILES string of the molecule is c1ccc(-c2cccc(-c3ccc(N(c4cccc(-c5cccc(-c6cccc7ccccc67)c5)c4)c4ccc5sc6ccccc6c5c4)cc3)c2)cc1. The second-order valence-corrected chi connectivity index (χ2v) is 14.8. The van der Waals surface area contributed by atoms with Gasteiger partial charge in [0.1, 0.15) is 0 Å². The molecule has 0 aliphatic carbocycles. The molecule has 0 spiro atoms. The monoisotopic (exact) mass is 705 g/mol. The second-order valence-electron chi connectivity index (χ2n) is 13.8. The van der Waals surface area contributed by atoms with Crippen LogP contribution in [0.1, 0.15) is 0 Å². The number of hydrogen-bond acceptors (Lipinski definition) is 2. The van der Waals surface area contributed by atoms with E-state index in [9.17, 15) is 0 Å². The third-order valence-corrected chi connectivity index (χ3v) is 11.6. The predicted molar refractivity (Wildman–Crippen MR) is 233 cm³/mol. The number of hydrogen-bond donors (Lipinski definition) is 0. The van der Waals surface area contributed by atoms with Gasteiger partial charge in [-0.15, -0.1) is 11.3 Å². The van der Waals surface area contributed by atoms with E-state index in [4.69, 9.17) is 0 Å². The minimum Gasteiger partial charge on any atom is -0.310 e. The van der Waals surface area contributed by atoms with Crippen LogP contribution >= 0.6 is 11.3 Å². The van der Waals surface area contributed by atoms with Crippen molar-refractivity contribution in [1.29, 1.82) is 0 Å². The molecule has 0 amide bonds. The smallest absolute Gasteiger partial charge is 0.0468 e. The van der Waals surface area contributed by atoms with Crippen LogP contribution in [0.4, 0.5) is 17.1 Å². The lowest BCUT2D eigenvalue weighted by molar-refractivity contribution is 1.29. The van der Waals surface area contributed by atoms with Crippen molar-refractivity contribution in [3.63, 3.8) is 0 Å². The van der Waals surface area contributed by atoms with E-state index in [1.54, 1.807) is 0 Å². The number of nitrogens with zero attached hydrogens (tertiary/aromatic N) is 1. The fourth-order valence-corrected chi connectivity index (χ4v) is 8.87. The molecule has 0 saturated heterocycles. The number of benzene rings is 9. The van der Waals surface area contributed by atoms with Crippen molar-refractivity contribution in [2.24, 2.45) is 0 Å². The van der Waals surface area contributed by atoms with Crippen LogP contribution in [0.25, 0.3) is 75.5 Å². The molecule has 0 atom stereocenters. The summed E-state index contributed by atoms with van der Waals surface area (Å²) in [5.74, 6) is 0. The fourth-order valence-electron chi connectivity index (χ4n) is 7.78. The molecule has 54 heavy (non-hydrogen) atoms. The van der Waals surface area contributed by atoms with Crippen LogP contribution in [0.3, 0.4) is 0 Å². The van der Waals surface area contributed by atoms with Gasteiger partial charge in [0, 0.05) is 37.2 Å². The molecular formula is C52H35NS. The Morgan fingerprint density at radius 2 is 0.796 bits per heavy atom. The molecule has 0 bridgehead atoms. The highest BCUT2D eigenvalue weighted by Gasteiger charge is 2.17. The molecule has 10 aromatic rings. The highest BCUT2D eigenvalue weighted by atomic mass is 32.1. The van der Waals surface area contributed by atoms with Crippen LogP contribution in [-0.4, -0.2) is 0 Å². The normalized spacial score (nSPS) is 11.3. The minimum atomic E-state index is 1.11. The maximum Gasteiger partial charge on any atom is 0.0468 e. The molecule has 0 radical (unpaired) electrons. The van der Waals surface area contributed by atoms with Gasteiger partial charge >= 0.3 is 0 Å². The van der Waals surface area contributed by atoms with E-state index in [1.807, 2.05) is 11.3 Å².